The third kappa shape index (κ3) is 7.55. The molecule has 2 fully saturated rings. The molecule has 3 rings (SSSR count). The number of carboxylic acid groups (broad SMARTS) is 1. The van der Waals surface area contributed by atoms with Crippen molar-refractivity contribution in [1.29, 1.82) is 0 Å². The summed E-state index contributed by atoms with van der Waals surface area (Å²) in [5, 5.41) is 7.12. The summed E-state index contributed by atoms with van der Waals surface area (Å²) >= 11 is 0. The highest BCUT2D eigenvalue weighted by atomic mass is 19.4. The molecule has 2 aliphatic rings. The lowest BCUT2D eigenvalue weighted by molar-refractivity contribution is -0.192. The smallest absolute Gasteiger partial charge is 0.475 e. The zero-order valence-corrected chi connectivity index (χ0v) is 16.4. The van der Waals surface area contributed by atoms with Gasteiger partial charge in [0.05, 0.1) is 6.42 Å². The van der Waals surface area contributed by atoms with Crippen LogP contribution in [0.5, 0.6) is 0 Å². The number of carbonyl (C=O) groups excluding carboxylic acids is 1. The minimum Gasteiger partial charge on any atom is -0.475 e. The average Bonchev–Trinajstić information content (AvgIpc) is 3.18. The number of alkyl halides is 3. The van der Waals surface area contributed by atoms with E-state index in [2.05, 4.69) is 4.90 Å². The molecular formula is C20H25F5N2O3. The summed E-state index contributed by atoms with van der Waals surface area (Å²) in [6.45, 7) is 5.01. The quantitative estimate of drug-likeness (QED) is 0.735. The van der Waals surface area contributed by atoms with Crippen molar-refractivity contribution in [2.45, 2.75) is 38.3 Å². The normalized spacial score (nSPS) is 19.9. The van der Waals surface area contributed by atoms with Crippen LogP contribution >= 0.6 is 0 Å². The highest BCUT2D eigenvalue weighted by Gasteiger charge is 2.38. The molecule has 0 bridgehead atoms. The van der Waals surface area contributed by atoms with Crippen molar-refractivity contribution in [3.05, 3.63) is 35.4 Å². The van der Waals surface area contributed by atoms with Crippen molar-refractivity contribution >= 4 is 11.9 Å². The van der Waals surface area contributed by atoms with Crippen LogP contribution in [-0.2, 0) is 16.0 Å². The molecule has 1 N–H and O–H groups in total. The maximum absolute atomic E-state index is 13.3. The summed E-state index contributed by atoms with van der Waals surface area (Å²) in [6.07, 6.45) is -0.169. The fraction of sp³-hybridized carbons (Fsp3) is 0.600. The van der Waals surface area contributed by atoms with Crippen LogP contribution in [0.2, 0.25) is 0 Å². The Hall–Kier alpha value is -2.23. The number of benzene rings is 1. The molecule has 168 valence electrons. The van der Waals surface area contributed by atoms with Gasteiger partial charge < -0.3 is 14.9 Å². The molecule has 1 aromatic carbocycles. The first-order valence-corrected chi connectivity index (χ1v) is 9.80. The van der Waals surface area contributed by atoms with E-state index in [1.807, 2.05) is 4.90 Å². The Balaban J connectivity index is 0.000000396. The van der Waals surface area contributed by atoms with Gasteiger partial charge in [-0.25, -0.2) is 13.6 Å². The van der Waals surface area contributed by atoms with Crippen LogP contribution in [0.15, 0.2) is 18.2 Å². The Morgan fingerprint density at radius 3 is 2.23 bits per heavy atom. The molecule has 0 radical (unpaired) electrons. The first-order valence-electron chi connectivity index (χ1n) is 9.80. The standard InChI is InChI=1S/C18H24F2N2O.C2HF3O2/c19-16-6-5-14(10-17(16)20)11-18(23)22-9-3-4-15(13-22)12-21-7-1-2-8-21;3-2(4,5)1(6)7/h5-6,10,15H,1-4,7-9,11-13H2;(H,6,7). The van der Waals surface area contributed by atoms with Crippen molar-refractivity contribution in [3.8, 4) is 0 Å². The fourth-order valence-electron chi connectivity index (χ4n) is 3.71. The van der Waals surface area contributed by atoms with Gasteiger partial charge in [-0.3, -0.25) is 4.79 Å². The predicted octanol–water partition coefficient (Wildman–Crippen LogP) is 3.48. The van der Waals surface area contributed by atoms with Gasteiger partial charge in [0.15, 0.2) is 11.6 Å². The van der Waals surface area contributed by atoms with E-state index in [1.165, 1.54) is 38.4 Å². The van der Waals surface area contributed by atoms with E-state index in [9.17, 15) is 26.7 Å². The Kier molecular flexibility index (Phi) is 8.57. The summed E-state index contributed by atoms with van der Waals surface area (Å²) in [5.41, 5.74) is 0.538. The van der Waals surface area contributed by atoms with Crippen LogP contribution in [0.25, 0.3) is 0 Å². The van der Waals surface area contributed by atoms with Crippen LogP contribution in [0.1, 0.15) is 31.2 Å². The van der Waals surface area contributed by atoms with Gasteiger partial charge in [0, 0.05) is 19.6 Å². The van der Waals surface area contributed by atoms with Gasteiger partial charge in [0.1, 0.15) is 0 Å². The second kappa shape index (κ2) is 10.7. The number of piperidine rings is 1. The van der Waals surface area contributed by atoms with Gasteiger partial charge in [0.2, 0.25) is 5.91 Å². The minimum absolute atomic E-state index is 0.0159. The first-order chi connectivity index (χ1) is 14.1. The van der Waals surface area contributed by atoms with Crippen LogP contribution < -0.4 is 0 Å². The number of hydrogen-bond donors (Lipinski definition) is 1. The topological polar surface area (TPSA) is 60.9 Å². The van der Waals surface area contributed by atoms with Crippen LogP contribution in [0.4, 0.5) is 22.0 Å². The molecule has 0 aliphatic carbocycles. The number of likely N-dealkylation sites (tertiary alicyclic amines) is 2. The SMILES string of the molecule is O=C(Cc1ccc(F)c(F)c1)N1CCCC(CN2CCCC2)C1.O=C(O)C(F)(F)F. The number of hydrogen-bond acceptors (Lipinski definition) is 3. The summed E-state index contributed by atoms with van der Waals surface area (Å²) in [5.74, 6) is -3.96. The van der Waals surface area contributed by atoms with Gasteiger partial charge in [-0.05, 0) is 62.4 Å². The van der Waals surface area contributed by atoms with E-state index < -0.39 is 23.8 Å². The molecule has 2 saturated heterocycles. The van der Waals surface area contributed by atoms with Crippen LogP contribution in [0, 0.1) is 17.6 Å². The van der Waals surface area contributed by atoms with Crippen molar-refractivity contribution in [3.63, 3.8) is 0 Å². The van der Waals surface area contributed by atoms with Gasteiger partial charge in [-0.2, -0.15) is 13.2 Å². The Morgan fingerprint density at radius 1 is 1.03 bits per heavy atom. The summed E-state index contributed by atoms with van der Waals surface area (Å²) < 4.78 is 58.0. The molecule has 1 unspecified atom stereocenters. The zero-order valence-electron chi connectivity index (χ0n) is 16.4. The van der Waals surface area contributed by atoms with E-state index >= 15 is 0 Å². The number of aliphatic carboxylic acids is 1. The third-order valence-electron chi connectivity index (χ3n) is 5.17. The second-order valence-electron chi connectivity index (χ2n) is 7.58. The number of carbonyl (C=O) groups is 2. The molecule has 0 aromatic heterocycles. The summed E-state index contributed by atoms with van der Waals surface area (Å²) in [7, 11) is 0. The maximum atomic E-state index is 13.3. The molecule has 1 amide bonds. The van der Waals surface area contributed by atoms with E-state index in [1.54, 1.807) is 0 Å². The Bertz CT molecular complexity index is 736. The molecule has 1 aromatic rings. The molecular weight excluding hydrogens is 411 g/mol. The molecule has 10 heteroatoms. The monoisotopic (exact) mass is 436 g/mol. The van der Waals surface area contributed by atoms with E-state index in [-0.39, 0.29) is 12.3 Å². The van der Waals surface area contributed by atoms with Gasteiger partial charge in [-0.15, -0.1) is 0 Å². The average molecular weight is 436 g/mol. The molecule has 30 heavy (non-hydrogen) atoms. The molecule has 2 aliphatic heterocycles. The fourth-order valence-corrected chi connectivity index (χ4v) is 3.71. The summed E-state index contributed by atoms with van der Waals surface area (Å²) in [4.78, 5) is 25.7. The number of amides is 1. The zero-order chi connectivity index (χ0) is 22.3. The lowest BCUT2D eigenvalue weighted by Crippen LogP contribution is -2.44. The van der Waals surface area contributed by atoms with Gasteiger partial charge >= 0.3 is 12.1 Å². The van der Waals surface area contributed by atoms with Gasteiger partial charge in [0.25, 0.3) is 0 Å². The molecule has 0 saturated carbocycles. The van der Waals surface area contributed by atoms with Crippen molar-refractivity contribution in [1.82, 2.24) is 9.80 Å². The Morgan fingerprint density at radius 2 is 1.67 bits per heavy atom. The lowest BCUT2D eigenvalue weighted by Gasteiger charge is -2.34. The van der Waals surface area contributed by atoms with Crippen molar-refractivity contribution in [2.75, 3.05) is 32.7 Å². The highest BCUT2D eigenvalue weighted by molar-refractivity contribution is 5.78. The van der Waals surface area contributed by atoms with E-state index in [0.717, 1.165) is 38.2 Å². The molecule has 5 nitrogen and oxygen atoms in total. The van der Waals surface area contributed by atoms with E-state index in [4.69, 9.17) is 9.90 Å². The maximum Gasteiger partial charge on any atom is 0.490 e. The Labute approximate surface area is 171 Å². The highest BCUT2D eigenvalue weighted by Crippen LogP contribution is 2.21. The first kappa shape index (κ1) is 24.0. The molecule has 1 atom stereocenters. The predicted molar refractivity (Wildman–Crippen MR) is 98.7 cm³/mol. The third-order valence-corrected chi connectivity index (χ3v) is 5.17. The number of carboxylic acids is 1. The van der Waals surface area contributed by atoms with Crippen molar-refractivity contribution in [2.24, 2.45) is 5.92 Å². The minimum atomic E-state index is -5.08. The number of rotatable bonds is 4. The van der Waals surface area contributed by atoms with E-state index in [0.29, 0.717) is 11.5 Å². The van der Waals surface area contributed by atoms with Crippen molar-refractivity contribution < 1.29 is 36.6 Å². The second-order valence-corrected chi connectivity index (χ2v) is 7.58. The largest absolute Gasteiger partial charge is 0.490 e. The lowest BCUT2D eigenvalue weighted by atomic mass is 9.97. The van der Waals surface area contributed by atoms with Gasteiger partial charge in [-0.1, -0.05) is 6.07 Å². The molecule has 2 heterocycles. The van der Waals surface area contributed by atoms with Crippen LogP contribution in [0.3, 0.4) is 0 Å². The number of halogens is 5. The molecule has 0 spiro atoms. The number of nitrogens with zero attached hydrogens (tertiary/aromatic N) is 2. The van der Waals surface area contributed by atoms with Crippen LogP contribution in [-0.4, -0.2) is 65.7 Å². The summed E-state index contributed by atoms with van der Waals surface area (Å²) in [6, 6.07) is 3.70.